The van der Waals surface area contributed by atoms with Crippen LogP contribution in [0, 0.1) is 0 Å². The van der Waals surface area contributed by atoms with E-state index in [9.17, 15) is 4.79 Å². The molecular weight excluding hydrogens is 454 g/mol. The first-order valence-corrected chi connectivity index (χ1v) is 10.4. The van der Waals surface area contributed by atoms with Crippen LogP contribution in [0.3, 0.4) is 0 Å². The summed E-state index contributed by atoms with van der Waals surface area (Å²) in [5.41, 5.74) is 1.56. The van der Waals surface area contributed by atoms with E-state index < -0.39 is 0 Å². The van der Waals surface area contributed by atoms with E-state index in [4.69, 9.17) is 9.15 Å². The molecule has 0 aliphatic carbocycles. The summed E-state index contributed by atoms with van der Waals surface area (Å²) in [6.07, 6.45) is 0. The van der Waals surface area contributed by atoms with E-state index in [1.807, 2.05) is 42.5 Å². The molecule has 2 heterocycles. The molecule has 1 amide bonds. The highest BCUT2D eigenvalue weighted by Gasteiger charge is 2.12. The average Bonchev–Trinajstić information content (AvgIpc) is 3.40. The number of nitrogens with zero attached hydrogens (tertiary/aromatic N) is 2. The molecule has 2 aromatic carbocycles. The van der Waals surface area contributed by atoms with Gasteiger partial charge in [0.1, 0.15) is 5.75 Å². The summed E-state index contributed by atoms with van der Waals surface area (Å²) in [7, 11) is 0. The minimum atomic E-state index is -0.164. The summed E-state index contributed by atoms with van der Waals surface area (Å²) in [4.78, 5) is 13.3. The molecule has 4 aromatic rings. The van der Waals surface area contributed by atoms with Crippen LogP contribution in [0.5, 0.6) is 5.75 Å². The first kappa shape index (κ1) is 19.4. The van der Waals surface area contributed by atoms with Gasteiger partial charge in [-0.1, -0.05) is 36.4 Å². The van der Waals surface area contributed by atoms with Crippen molar-refractivity contribution < 1.29 is 13.9 Å². The Morgan fingerprint density at radius 3 is 2.72 bits per heavy atom. The molecule has 0 unspecified atom stereocenters. The number of nitrogens with one attached hydrogen (secondary N) is 1. The summed E-state index contributed by atoms with van der Waals surface area (Å²) >= 11 is 4.92. The van der Waals surface area contributed by atoms with Crippen LogP contribution in [-0.2, 0) is 13.2 Å². The molecule has 4 rings (SSSR count). The number of hydrogen-bond acceptors (Lipinski definition) is 6. The Balaban J connectivity index is 1.35. The van der Waals surface area contributed by atoms with Gasteiger partial charge < -0.3 is 14.5 Å². The summed E-state index contributed by atoms with van der Waals surface area (Å²) < 4.78 is 12.3. The Labute approximate surface area is 179 Å². The second-order valence-corrected chi connectivity index (χ2v) is 8.55. The predicted octanol–water partition coefficient (Wildman–Crippen LogP) is 5.07. The van der Waals surface area contributed by atoms with Crippen LogP contribution in [0.4, 0.5) is 0 Å². The molecule has 8 heteroatoms. The third-order valence-corrected chi connectivity index (χ3v) is 5.62. The zero-order valence-corrected chi connectivity index (χ0v) is 17.6. The Hall–Kier alpha value is -2.97. The molecular formula is C21H16BrN3O3S. The van der Waals surface area contributed by atoms with Crippen molar-refractivity contribution in [3.8, 4) is 16.5 Å². The van der Waals surface area contributed by atoms with Gasteiger partial charge in [-0.15, -0.1) is 21.5 Å². The lowest BCUT2D eigenvalue weighted by molar-refractivity contribution is 0.0950. The van der Waals surface area contributed by atoms with Crippen LogP contribution in [0.2, 0.25) is 0 Å². The second-order valence-electron chi connectivity index (χ2n) is 6.09. The SMILES string of the molecule is O=C(NCc1ccccc1)c1cccc(OCc2nnc(-c3ccc(Br)s3)o2)c1. The van der Waals surface area contributed by atoms with E-state index in [-0.39, 0.29) is 12.5 Å². The number of benzene rings is 2. The monoisotopic (exact) mass is 469 g/mol. The normalized spacial score (nSPS) is 10.7. The lowest BCUT2D eigenvalue weighted by atomic mass is 10.2. The molecule has 0 saturated heterocycles. The Morgan fingerprint density at radius 1 is 1.07 bits per heavy atom. The predicted molar refractivity (Wildman–Crippen MR) is 114 cm³/mol. The van der Waals surface area contributed by atoms with Crippen molar-refractivity contribution >= 4 is 33.2 Å². The Morgan fingerprint density at radius 2 is 1.93 bits per heavy atom. The molecule has 0 aliphatic rings. The summed E-state index contributed by atoms with van der Waals surface area (Å²) in [6, 6.07) is 20.6. The third kappa shape index (κ3) is 5.10. The average molecular weight is 470 g/mol. The molecule has 0 spiro atoms. The zero-order chi connectivity index (χ0) is 20.1. The highest BCUT2D eigenvalue weighted by atomic mass is 79.9. The van der Waals surface area contributed by atoms with Gasteiger partial charge in [0.05, 0.1) is 8.66 Å². The van der Waals surface area contributed by atoms with Gasteiger partial charge in [0.2, 0.25) is 0 Å². The topological polar surface area (TPSA) is 77.2 Å². The fraction of sp³-hybridized carbons (Fsp3) is 0.0952. The van der Waals surface area contributed by atoms with Crippen LogP contribution in [0.15, 0.2) is 74.9 Å². The van der Waals surface area contributed by atoms with Crippen LogP contribution >= 0.6 is 27.3 Å². The molecule has 29 heavy (non-hydrogen) atoms. The van der Waals surface area contributed by atoms with Gasteiger partial charge in [-0.05, 0) is 51.8 Å². The molecule has 0 radical (unpaired) electrons. The van der Waals surface area contributed by atoms with E-state index >= 15 is 0 Å². The molecule has 0 bridgehead atoms. The zero-order valence-electron chi connectivity index (χ0n) is 15.2. The first-order chi connectivity index (χ1) is 14.2. The highest BCUT2D eigenvalue weighted by Crippen LogP contribution is 2.30. The summed E-state index contributed by atoms with van der Waals surface area (Å²) in [6.45, 7) is 0.586. The quantitative estimate of drug-likeness (QED) is 0.408. The number of thiophene rings is 1. The number of rotatable bonds is 7. The highest BCUT2D eigenvalue weighted by molar-refractivity contribution is 9.11. The summed E-state index contributed by atoms with van der Waals surface area (Å²) in [5.74, 6) is 1.20. The first-order valence-electron chi connectivity index (χ1n) is 8.80. The molecule has 0 fully saturated rings. The second kappa shape index (κ2) is 9.02. The van der Waals surface area contributed by atoms with Crippen LogP contribution in [0.25, 0.3) is 10.8 Å². The number of carbonyl (C=O) groups excluding carboxylic acids is 1. The fourth-order valence-electron chi connectivity index (χ4n) is 2.59. The van der Waals surface area contributed by atoms with Gasteiger partial charge >= 0.3 is 0 Å². The van der Waals surface area contributed by atoms with Crippen LogP contribution < -0.4 is 10.1 Å². The standard InChI is InChI=1S/C21H16BrN3O3S/c22-18-10-9-17(29-18)21-25-24-19(28-21)13-27-16-8-4-7-15(11-16)20(26)23-12-14-5-2-1-3-6-14/h1-11H,12-13H2,(H,23,26). The van der Waals surface area contributed by atoms with Crippen LogP contribution in [0.1, 0.15) is 21.8 Å². The minimum absolute atomic E-state index is 0.120. The largest absolute Gasteiger partial charge is 0.484 e. The molecule has 0 atom stereocenters. The molecule has 2 aromatic heterocycles. The van der Waals surface area contributed by atoms with Gasteiger partial charge in [-0.3, -0.25) is 4.79 Å². The number of hydrogen-bond donors (Lipinski definition) is 1. The van der Waals surface area contributed by atoms with Crippen molar-refractivity contribution in [2.24, 2.45) is 0 Å². The van der Waals surface area contributed by atoms with Gasteiger partial charge in [0.25, 0.3) is 17.7 Å². The lowest BCUT2D eigenvalue weighted by Crippen LogP contribution is -2.22. The van der Waals surface area contributed by atoms with Crippen molar-refractivity contribution in [1.82, 2.24) is 15.5 Å². The number of ether oxygens (including phenoxy) is 1. The number of aromatic nitrogens is 2. The number of amides is 1. The maximum absolute atomic E-state index is 12.4. The maximum Gasteiger partial charge on any atom is 0.257 e. The van der Waals surface area contributed by atoms with Crippen LogP contribution in [-0.4, -0.2) is 16.1 Å². The van der Waals surface area contributed by atoms with Crippen molar-refractivity contribution in [2.45, 2.75) is 13.2 Å². The lowest BCUT2D eigenvalue weighted by Gasteiger charge is -2.08. The van der Waals surface area contributed by atoms with Crippen molar-refractivity contribution in [3.63, 3.8) is 0 Å². The van der Waals surface area contributed by atoms with Gasteiger partial charge in [0, 0.05) is 12.1 Å². The minimum Gasteiger partial charge on any atom is -0.484 e. The molecule has 0 aliphatic heterocycles. The number of halogens is 1. The third-order valence-electron chi connectivity index (χ3n) is 4.01. The van der Waals surface area contributed by atoms with Gasteiger partial charge in [-0.2, -0.15) is 0 Å². The van der Waals surface area contributed by atoms with Crippen molar-refractivity contribution in [3.05, 3.63) is 87.5 Å². The van der Waals surface area contributed by atoms with E-state index in [0.29, 0.717) is 29.6 Å². The van der Waals surface area contributed by atoms with E-state index in [1.165, 1.54) is 11.3 Å². The summed E-state index contributed by atoms with van der Waals surface area (Å²) in [5, 5.41) is 10.9. The molecule has 146 valence electrons. The van der Waals surface area contributed by atoms with Gasteiger partial charge in [0.15, 0.2) is 6.61 Å². The maximum atomic E-state index is 12.4. The smallest absolute Gasteiger partial charge is 0.257 e. The Kier molecular flexibility index (Phi) is 6.02. The van der Waals surface area contributed by atoms with Crippen molar-refractivity contribution in [2.75, 3.05) is 0 Å². The van der Waals surface area contributed by atoms with E-state index in [2.05, 4.69) is 31.4 Å². The molecule has 1 N–H and O–H groups in total. The fourth-order valence-corrected chi connectivity index (χ4v) is 3.90. The Bertz CT molecular complexity index is 1110. The molecule has 0 saturated carbocycles. The van der Waals surface area contributed by atoms with E-state index in [0.717, 1.165) is 14.2 Å². The van der Waals surface area contributed by atoms with E-state index in [1.54, 1.807) is 24.3 Å². The number of carbonyl (C=O) groups is 1. The van der Waals surface area contributed by atoms with Crippen molar-refractivity contribution in [1.29, 1.82) is 0 Å². The molecule has 6 nitrogen and oxygen atoms in total. The van der Waals surface area contributed by atoms with Gasteiger partial charge in [-0.25, -0.2) is 0 Å².